The van der Waals surface area contributed by atoms with Crippen molar-refractivity contribution >= 4 is 11.8 Å². The van der Waals surface area contributed by atoms with Crippen LogP contribution < -0.4 is 5.32 Å². The van der Waals surface area contributed by atoms with Crippen LogP contribution in [-0.4, -0.2) is 23.0 Å². The Bertz CT molecular complexity index is 311. The van der Waals surface area contributed by atoms with Crippen LogP contribution in [0.15, 0.2) is 29.2 Å². The van der Waals surface area contributed by atoms with Gasteiger partial charge in [-0.15, -0.1) is 11.8 Å². The Hall–Kier alpha value is -0.510. The van der Waals surface area contributed by atoms with E-state index in [1.807, 2.05) is 6.92 Å². The van der Waals surface area contributed by atoms with Crippen molar-refractivity contribution in [2.75, 3.05) is 5.75 Å². The lowest BCUT2D eigenvalue weighted by molar-refractivity contribution is 0.195. The molecule has 1 rings (SSSR count). The highest BCUT2D eigenvalue weighted by molar-refractivity contribution is 7.99. The van der Waals surface area contributed by atoms with Crippen molar-refractivity contribution in [2.45, 2.75) is 50.8 Å². The van der Waals surface area contributed by atoms with Crippen LogP contribution in [0, 0.1) is 0 Å². The molecule has 0 amide bonds. The van der Waals surface area contributed by atoms with Gasteiger partial charge >= 0.3 is 0 Å². The van der Waals surface area contributed by atoms with E-state index in [0.29, 0.717) is 6.04 Å². The first kappa shape index (κ1) is 14.6. The third-order valence-corrected chi connectivity index (χ3v) is 3.71. The Morgan fingerprint density at radius 3 is 2.41 bits per heavy atom. The van der Waals surface area contributed by atoms with E-state index in [1.54, 1.807) is 11.8 Å². The van der Waals surface area contributed by atoms with Gasteiger partial charge in [0.05, 0.1) is 6.10 Å². The smallest absolute Gasteiger partial charge is 0.0631 e. The molecule has 1 atom stereocenters. The molecule has 3 heteroatoms. The number of aliphatic hydroxyl groups is 1. The van der Waals surface area contributed by atoms with E-state index in [-0.39, 0.29) is 6.10 Å². The van der Waals surface area contributed by atoms with Crippen LogP contribution in [0.1, 0.15) is 32.8 Å². The molecule has 0 aliphatic carbocycles. The fraction of sp³-hybridized carbons (Fsp3) is 0.571. The van der Waals surface area contributed by atoms with Crippen LogP contribution in [0.2, 0.25) is 0 Å². The van der Waals surface area contributed by atoms with Crippen molar-refractivity contribution in [2.24, 2.45) is 0 Å². The second kappa shape index (κ2) is 7.75. The Kier molecular flexibility index (Phi) is 6.63. The lowest BCUT2D eigenvalue weighted by atomic mass is 10.2. The highest BCUT2D eigenvalue weighted by Crippen LogP contribution is 2.20. The van der Waals surface area contributed by atoms with Crippen molar-refractivity contribution in [1.82, 2.24) is 5.32 Å². The van der Waals surface area contributed by atoms with Crippen molar-refractivity contribution < 1.29 is 5.11 Å². The molecular formula is C14H23NOS. The summed E-state index contributed by atoms with van der Waals surface area (Å²) in [5.74, 6) is 0.778. The molecule has 1 aromatic rings. The average Bonchev–Trinajstić information content (AvgIpc) is 2.34. The van der Waals surface area contributed by atoms with Gasteiger partial charge in [-0.25, -0.2) is 0 Å². The maximum atomic E-state index is 9.49. The van der Waals surface area contributed by atoms with Crippen LogP contribution in [0.5, 0.6) is 0 Å². The third-order valence-electron chi connectivity index (χ3n) is 2.55. The van der Waals surface area contributed by atoms with Crippen LogP contribution >= 0.6 is 11.8 Å². The second-order valence-electron chi connectivity index (χ2n) is 4.55. The van der Waals surface area contributed by atoms with Gasteiger partial charge in [0, 0.05) is 23.2 Å². The molecule has 0 radical (unpaired) electrons. The number of nitrogens with one attached hydrogen (secondary N) is 1. The summed E-state index contributed by atoms with van der Waals surface area (Å²) in [6, 6.07) is 9.07. The van der Waals surface area contributed by atoms with Gasteiger partial charge < -0.3 is 10.4 Å². The molecule has 2 nitrogen and oxygen atoms in total. The van der Waals surface area contributed by atoms with Gasteiger partial charge in [-0.1, -0.05) is 32.9 Å². The average molecular weight is 253 g/mol. The molecule has 1 aromatic carbocycles. The van der Waals surface area contributed by atoms with Gasteiger partial charge in [0.2, 0.25) is 0 Å². The number of hydrogen-bond donors (Lipinski definition) is 2. The Morgan fingerprint density at radius 2 is 1.88 bits per heavy atom. The van der Waals surface area contributed by atoms with E-state index in [9.17, 15) is 5.11 Å². The Morgan fingerprint density at radius 1 is 1.24 bits per heavy atom. The van der Waals surface area contributed by atoms with Crippen molar-refractivity contribution in [3.63, 3.8) is 0 Å². The molecule has 0 spiro atoms. The predicted molar refractivity (Wildman–Crippen MR) is 75.4 cm³/mol. The standard InChI is InChI=1S/C14H23NOS/c1-4-13(16)10-17-14-7-5-12(6-8-14)9-15-11(2)3/h5-8,11,13,15-16H,4,9-10H2,1-3H3. The third kappa shape index (κ3) is 6.10. The summed E-state index contributed by atoms with van der Waals surface area (Å²) in [5.41, 5.74) is 1.30. The van der Waals surface area contributed by atoms with E-state index in [2.05, 4.69) is 43.4 Å². The first-order valence-corrected chi connectivity index (χ1v) is 7.23. The molecule has 0 saturated heterocycles. The molecular weight excluding hydrogens is 230 g/mol. The topological polar surface area (TPSA) is 32.3 Å². The van der Waals surface area contributed by atoms with Gasteiger partial charge in [-0.05, 0) is 24.1 Å². The van der Waals surface area contributed by atoms with Crippen LogP contribution in [0.4, 0.5) is 0 Å². The molecule has 0 bridgehead atoms. The summed E-state index contributed by atoms with van der Waals surface area (Å²) >= 11 is 1.72. The number of thioether (sulfide) groups is 1. The van der Waals surface area contributed by atoms with Crippen LogP contribution in [-0.2, 0) is 6.54 Å². The molecule has 1 unspecified atom stereocenters. The quantitative estimate of drug-likeness (QED) is 0.733. The minimum Gasteiger partial charge on any atom is -0.392 e. The molecule has 0 heterocycles. The Labute approximate surface area is 109 Å². The molecule has 96 valence electrons. The van der Waals surface area contributed by atoms with Gasteiger partial charge in [-0.2, -0.15) is 0 Å². The molecule has 17 heavy (non-hydrogen) atoms. The number of rotatable bonds is 7. The van der Waals surface area contributed by atoms with Gasteiger partial charge in [0.15, 0.2) is 0 Å². The van der Waals surface area contributed by atoms with Crippen molar-refractivity contribution in [1.29, 1.82) is 0 Å². The number of benzene rings is 1. The second-order valence-corrected chi connectivity index (χ2v) is 5.65. The molecule has 2 N–H and O–H groups in total. The summed E-state index contributed by atoms with van der Waals surface area (Å²) in [5, 5.41) is 12.9. The summed E-state index contributed by atoms with van der Waals surface area (Å²) in [6.07, 6.45) is 0.630. The zero-order valence-corrected chi connectivity index (χ0v) is 11.8. The van der Waals surface area contributed by atoms with Gasteiger partial charge in [-0.3, -0.25) is 0 Å². The highest BCUT2D eigenvalue weighted by Gasteiger charge is 2.02. The predicted octanol–water partition coefficient (Wildman–Crippen LogP) is 3.05. The minimum atomic E-state index is -0.192. The van der Waals surface area contributed by atoms with E-state index in [0.717, 1.165) is 18.7 Å². The van der Waals surface area contributed by atoms with Crippen molar-refractivity contribution in [3.05, 3.63) is 29.8 Å². The molecule has 0 aromatic heterocycles. The van der Waals surface area contributed by atoms with Crippen LogP contribution in [0.25, 0.3) is 0 Å². The SMILES string of the molecule is CCC(O)CSc1ccc(CNC(C)C)cc1. The first-order chi connectivity index (χ1) is 8.11. The van der Waals surface area contributed by atoms with Gasteiger partial charge in [0.1, 0.15) is 0 Å². The number of aliphatic hydroxyl groups excluding tert-OH is 1. The van der Waals surface area contributed by atoms with E-state index in [4.69, 9.17) is 0 Å². The maximum Gasteiger partial charge on any atom is 0.0631 e. The normalized spacial score (nSPS) is 13.0. The lowest BCUT2D eigenvalue weighted by Gasteiger charge is -2.09. The molecule has 0 aliphatic rings. The van der Waals surface area contributed by atoms with Gasteiger partial charge in [0.25, 0.3) is 0 Å². The highest BCUT2D eigenvalue weighted by atomic mass is 32.2. The maximum absolute atomic E-state index is 9.49. The summed E-state index contributed by atoms with van der Waals surface area (Å²) < 4.78 is 0. The fourth-order valence-corrected chi connectivity index (χ4v) is 2.28. The Balaban J connectivity index is 2.39. The molecule has 0 aliphatic heterocycles. The van der Waals surface area contributed by atoms with E-state index < -0.39 is 0 Å². The zero-order chi connectivity index (χ0) is 12.7. The fourth-order valence-electron chi connectivity index (χ4n) is 1.34. The van der Waals surface area contributed by atoms with E-state index in [1.165, 1.54) is 10.5 Å². The van der Waals surface area contributed by atoms with E-state index >= 15 is 0 Å². The van der Waals surface area contributed by atoms with Crippen molar-refractivity contribution in [3.8, 4) is 0 Å². The summed E-state index contributed by atoms with van der Waals surface area (Å²) in [7, 11) is 0. The molecule has 0 fully saturated rings. The zero-order valence-electron chi connectivity index (χ0n) is 10.9. The first-order valence-electron chi connectivity index (χ1n) is 6.25. The minimum absolute atomic E-state index is 0.192. The number of hydrogen-bond acceptors (Lipinski definition) is 3. The summed E-state index contributed by atoms with van der Waals surface area (Å²) in [6.45, 7) is 7.22. The lowest BCUT2D eigenvalue weighted by Crippen LogP contribution is -2.21. The summed E-state index contributed by atoms with van der Waals surface area (Å²) in [4.78, 5) is 1.23. The largest absolute Gasteiger partial charge is 0.392 e. The van der Waals surface area contributed by atoms with Crippen LogP contribution in [0.3, 0.4) is 0 Å². The molecule has 0 saturated carbocycles. The monoisotopic (exact) mass is 253 g/mol.